The Kier molecular flexibility index (Phi) is 5.62. The van der Waals surface area contributed by atoms with Crippen LogP contribution in [0.4, 0.5) is 0 Å². The standard InChI is InChI=1S/C16H27NO4/c1-3-11-8-13(14(9-11)16(19)20)15(18)17-7-5-6-12(10-17)21-4-2/h11-14H,3-10H2,1-2H3,(H,19,20)/t11?,12?,13-,14+/m0/s1. The van der Waals surface area contributed by atoms with Gasteiger partial charge >= 0.3 is 5.97 Å². The van der Waals surface area contributed by atoms with Crippen molar-refractivity contribution in [2.45, 2.75) is 52.1 Å². The van der Waals surface area contributed by atoms with E-state index in [0.717, 1.165) is 32.2 Å². The summed E-state index contributed by atoms with van der Waals surface area (Å²) < 4.78 is 5.63. The number of aliphatic carboxylic acids is 1. The molecule has 5 heteroatoms. The number of carbonyl (C=O) groups is 2. The molecule has 4 atom stereocenters. The van der Waals surface area contributed by atoms with Crippen LogP contribution in [0.3, 0.4) is 0 Å². The van der Waals surface area contributed by atoms with E-state index in [1.807, 2.05) is 11.8 Å². The zero-order chi connectivity index (χ0) is 15.4. The number of carboxylic acids is 1. The van der Waals surface area contributed by atoms with E-state index in [1.54, 1.807) is 0 Å². The molecule has 1 N–H and O–H groups in total. The lowest BCUT2D eigenvalue weighted by Crippen LogP contribution is -2.47. The van der Waals surface area contributed by atoms with Gasteiger partial charge in [-0.1, -0.05) is 13.3 Å². The van der Waals surface area contributed by atoms with Gasteiger partial charge in [0, 0.05) is 19.7 Å². The van der Waals surface area contributed by atoms with Crippen molar-refractivity contribution in [1.29, 1.82) is 0 Å². The van der Waals surface area contributed by atoms with E-state index in [9.17, 15) is 14.7 Å². The summed E-state index contributed by atoms with van der Waals surface area (Å²) in [5.74, 6) is -1.26. The van der Waals surface area contributed by atoms with E-state index >= 15 is 0 Å². The number of piperidine rings is 1. The average molecular weight is 297 g/mol. The summed E-state index contributed by atoms with van der Waals surface area (Å²) in [6.45, 7) is 6.05. The zero-order valence-corrected chi connectivity index (χ0v) is 13.1. The molecule has 120 valence electrons. The van der Waals surface area contributed by atoms with Gasteiger partial charge in [0.25, 0.3) is 0 Å². The Morgan fingerprint density at radius 2 is 1.95 bits per heavy atom. The molecule has 0 spiro atoms. The summed E-state index contributed by atoms with van der Waals surface area (Å²) in [5, 5.41) is 9.39. The highest BCUT2D eigenvalue weighted by Crippen LogP contribution is 2.39. The Labute approximate surface area is 126 Å². The number of ether oxygens (including phenoxy) is 1. The van der Waals surface area contributed by atoms with E-state index in [2.05, 4.69) is 6.92 Å². The normalized spacial score (nSPS) is 33.1. The average Bonchev–Trinajstić information content (AvgIpc) is 2.91. The molecule has 0 radical (unpaired) electrons. The monoisotopic (exact) mass is 297 g/mol. The van der Waals surface area contributed by atoms with Crippen molar-refractivity contribution >= 4 is 11.9 Å². The van der Waals surface area contributed by atoms with E-state index < -0.39 is 11.9 Å². The Morgan fingerprint density at radius 3 is 2.57 bits per heavy atom. The van der Waals surface area contributed by atoms with Crippen molar-refractivity contribution in [1.82, 2.24) is 4.90 Å². The summed E-state index contributed by atoms with van der Waals surface area (Å²) in [4.78, 5) is 26.0. The van der Waals surface area contributed by atoms with Crippen molar-refractivity contribution < 1.29 is 19.4 Å². The molecule has 2 fully saturated rings. The van der Waals surface area contributed by atoms with Crippen LogP contribution in [0.25, 0.3) is 0 Å². The lowest BCUT2D eigenvalue weighted by molar-refractivity contribution is -0.150. The van der Waals surface area contributed by atoms with E-state index in [0.29, 0.717) is 25.5 Å². The number of carboxylic acid groups (broad SMARTS) is 1. The van der Waals surface area contributed by atoms with E-state index in [1.165, 1.54) is 0 Å². The summed E-state index contributed by atoms with van der Waals surface area (Å²) in [6, 6.07) is 0. The van der Waals surface area contributed by atoms with Crippen molar-refractivity contribution in [3.63, 3.8) is 0 Å². The molecule has 1 aliphatic heterocycles. The van der Waals surface area contributed by atoms with Crippen LogP contribution in [0.5, 0.6) is 0 Å². The molecule has 0 aromatic rings. The molecule has 1 saturated carbocycles. The molecule has 0 aromatic carbocycles. The van der Waals surface area contributed by atoms with Gasteiger partial charge in [-0.25, -0.2) is 0 Å². The number of hydrogen-bond donors (Lipinski definition) is 1. The summed E-state index contributed by atoms with van der Waals surface area (Å²) >= 11 is 0. The molecule has 5 nitrogen and oxygen atoms in total. The predicted molar refractivity (Wildman–Crippen MR) is 78.9 cm³/mol. The SMILES string of the molecule is CCOC1CCCN(C(=O)[C@H]2CC(CC)C[C@H]2C(=O)O)C1. The minimum absolute atomic E-state index is 0.0303. The number of amides is 1. The van der Waals surface area contributed by atoms with Crippen LogP contribution in [0.1, 0.15) is 46.0 Å². The Morgan fingerprint density at radius 1 is 1.24 bits per heavy atom. The van der Waals surface area contributed by atoms with Gasteiger partial charge in [-0.05, 0) is 38.5 Å². The van der Waals surface area contributed by atoms with Gasteiger partial charge in [-0.3, -0.25) is 9.59 Å². The van der Waals surface area contributed by atoms with Crippen molar-refractivity contribution in [3.05, 3.63) is 0 Å². The molecule has 2 unspecified atom stereocenters. The fourth-order valence-corrected chi connectivity index (χ4v) is 3.77. The number of rotatable bonds is 5. The molecule has 1 amide bonds. The smallest absolute Gasteiger partial charge is 0.307 e. The lowest BCUT2D eigenvalue weighted by Gasteiger charge is -2.34. The topological polar surface area (TPSA) is 66.8 Å². The molecule has 2 rings (SSSR count). The third-order valence-electron chi connectivity index (χ3n) is 4.96. The Bertz CT molecular complexity index is 382. The fraction of sp³-hybridized carbons (Fsp3) is 0.875. The fourth-order valence-electron chi connectivity index (χ4n) is 3.77. The van der Waals surface area contributed by atoms with Gasteiger partial charge < -0.3 is 14.7 Å². The highest BCUT2D eigenvalue weighted by atomic mass is 16.5. The maximum absolute atomic E-state index is 12.7. The maximum Gasteiger partial charge on any atom is 0.307 e. The minimum Gasteiger partial charge on any atom is -0.481 e. The van der Waals surface area contributed by atoms with Crippen molar-refractivity contribution in [2.24, 2.45) is 17.8 Å². The molecule has 0 bridgehead atoms. The van der Waals surface area contributed by atoms with Gasteiger partial charge in [-0.15, -0.1) is 0 Å². The van der Waals surface area contributed by atoms with Gasteiger partial charge in [0.05, 0.1) is 17.9 Å². The molecular weight excluding hydrogens is 270 g/mol. The Balaban J connectivity index is 2.02. The van der Waals surface area contributed by atoms with Crippen molar-refractivity contribution in [2.75, 3.05) is 19.7 Å². The quantitative estimate of drug-likeness (QED) is 0.844. The van der Waals surface area contributed by atoms with E-state index in [4.69, 9.17) is 4.74 Å². The first-order valence-corrected chi connectivity index (χ1v) is 8.19. The van der Waals surface area contributed by atoms with Crippen molar-refractivity contribution in [3.8, 4) is 0 Å². The van der Waals surface area contributed by atoms with Gasteiger partial charge in [0.1, 0.15) is 0 Å². The number of likely N-dealkylation sites (tertiary alicyclic amines) is 1. The predicted octanol–water partition coefficient (Wildman–Crippen LogP) is 2.15. The third-order valence-corrected chi connectivity index (χ3v) is 4.96. The molecule has 2 aliphatic rings. The number of nitrogens with zero attached hydrogens (tertiary/aromatic N) is 1. The maximum atomic E-state index is 12.7. The van der Waals surface area contributed by atoms with Crippen LogP contribution < -0.4 is 0 Å². The third kappa shape index (κ3) is 3.76. The van der Waals surface area contributed by atoms with Crippen LogP contribution in [0.2, 0.25) is 0 Å². The highest BCUT2D eigenvalue weighted by molar-refractivity contribution is 5.85. The highest BCUT2D eigenvalue weighted by Gasteiger charge is 2.44. The molecule has 1 aliphatic carbocycles. The molecule has 1 saturated heterocycles. The van der Waals surface area contributed by atoms with Gasteiger partial charge in [0.15, 0.2) is 0 Å². The molecule has 1 heterocycles. The summed E-state index contributed by atoms with van der Waals surface area (Å²) in [7, 11) is 0. The Hall–Kier alpha value is -1.10. The molecular formula is C16H27NO4. The minimum atomic E-state index is -0.817. The number of carbonyl (C=O) groups excluding carboxylic acids is 1. The second kappa shape index (κ2) is 7.25. The summed E-state index contributed by atoms with van der Waals surface area (Å²) in [5.41, 5.74) is 0. The van der Waals surface area contributed by atoms with Crippen LogP contribution in [-0.2, 0) is 14.3 Å². The molecule has 0 aromatic heterocycles. The summed E-state index contributed by atoms with van der Waals surface area (Å²) in [6.07, 6.45) is 4.36. The first kappa shape index (κ1) is 16.3. The number of hydrogen-bond acceptors (Lipinski definition) is 3. The van der Waals surface area contributed by atoms with Crippen LogP contribution in [0.15, 0.2) is 0 Å². The molecule has 21 heavy (non-hydrogen) atoms. The van der Waals surface area contributed by atoms with Crippen LogP contribution >= 0.6 is 0 Å². The zero-order valence-electron chi connectivity index (χ0n) is 13.1. The largest absolute Gasteiger partial charge is 0.481 e. The van der Waals surface area contributed by atoms with Gasteiger partial charge in [0.2, 0.25) is 5.91 Å². The van der Waals surface area contributed by atoms with Crippen LogP contribution in [-0.4, -0.2) is 47.7 Å². The first-order valence-electron chi connectivity index (χ1n) is 8.19. The second-order valence-corrected chi connectivity index (χ2v) is 6.30. The first-order chi connectivity index (χ1) is 10.1. The lowest BCUT2D eigenvalue weighted by atomic mass is 9.93. The second-order valence-electron chi connectivity index (χ2n) is 6.30. The van der Waals surface area contributed by atoms with Crippen LogP contribution in [0, 0.1) is 17.8 Å². The van der Waals surface area contributed by atoms with E-state index in [-0.39, 0.29) is 17.9 Å². The van der Waals surface area contributed by atoms with Gasteiger partial charge in [-0.2, -0.15) is 0 Å².